The van der Waals surface area contributed by atoms with Crippen molar-refractivity contribution >= 4 is 0 Å². The number of piperazine rings is 1. The maximum absolute atomic E-state index is 13.7. The third-order valence-electron chi connectivity index (χ3n) is 4.17. The molecule has 0 unspecified atom stereocenters. The number of hydrogen-bond donors (Lipinski definition) is 0. The van der Waals surface area contributed by atoms with Gasteiger partial charge in [-0.25, -0.2) is 8.78 Å². The Morgan fingerprint density at radius 2 is 1.00 bits per heavy atom. The average molecular weight is 302 g/mol. The molecule has 0 spiro atoms. The van der Waals surface area contributed by atoms with Crippen LogP contribution in [-0.2, 0) is 13.1 Å². The molecular formula is C18H20F2N2. The number of nitrogens with zero attached hydrogens (tertiary/aromatic N) is 2. The van der Waals surface area contributed by atoms with Gasteiger partial charge in [0.2, 0.25) is 0 Å². The Morgan fingerprint density at radius 1 is 0.636 bits per heavy atom. The van der Waals surface area contributed by atoms with Crippen LogP contribution in [0.5, 0.6) is 0 Å². The van der Waals surface area contributed by atoms with Crippen molar-refractivity contribution in [1.82, 2.24) is 9.80 Å². The minimum Gasteiger partial charge on any atom is -0.296 e. The van der Waals surface area contributed by atoms with Gasteiger partial charge in [-0.2, -0.15) is 0 Å². The second kappa shape index (κ2) is 6.99. The number of hydrogen-bond acceptors (Lipinski definition) is 2. The number of halogens is 2. The van der Waals surface area contributed by atoms with Crippen LogP contribution >= 0.6 is 0 Å². The molecule has 1 aliphatic heterocycles. The van der Waals surface area contributed by atoms with E-state index in [0.29, 0.717) is 13.1 Å². The molecule has 4 heteroatoms. The van der Waals surface area contributed by atoms with E-state index in [4.69, 9.17) is 0 Å². The van der Waals surface area contributed by atoms with Crippen molar-refractivity contribution in [3.63, 3.8) is 0 Å². The number of benzene rings is 2. The summed E-state index contributed by atoms with van der Waals surface area (Å²) in [6, 6.07) is 13.8. The largest absolute Gasteiger partial charge is 0.296 e. The Balaban J connectivity index is 1.52. The van der Waals surface area contributed by atoms with E-state index in [1.165, 1.54) is 12.1 Å². The van der Waals surface area contributed by atoms with Crippen molar-refractivity contribution in [2.24, 2.45) is 0 Å². The lowest BCUT2D eigenvalue weighted by molar-refractivity contribution is 0.120. The van der Waals surface area contributed by atoms with E-state index in [1.54, 1.807) is 12.1 Å². The highest BCUT2D eigenvalue weighted by molar-refractivity contribution is 5.18. The lowest BCUT2D eigenvalue weighted by Gasteiger charge is -2.34. The molecule has 116 valence electrons. The molecule has 0 N–H and O–H groups in total. The van der Waals surface area contributed by atoms with E-state index >= 15 is 0 Å². The fourth-order valence-corrected chi connectivity index (χ4v) is 2.84. The highest BCUT2D eigenvalue weighted by Crippen LogP contribution is 2.15. The Morgan fingerprint density at radius 3 is 1.36 bits per heavy atom. The van der Waals surface area contributed by atoms with Crippen LogP contribution < -0.4 is 0 Å². The summed E-state index contributed by atoms with van der Waals surface area (Å²) in [7, 11) is 0. The first kappa shape index (κ1) is 15.1. The Bertz CT molecular complexity index is 566. The first-order valence-corrected chi connectivity index (χ1v) is 7.64. The van der Waals surface area contributed by atoms with Crippen LogP contribution in [0.15, 0.2) is 48.5 Å². The zero-order chi connectivity index (χ0) is 15.4. The fourth-order valence-electron chi connectivity index (χ4n) is 2.84. The minimum absolute atomic E-state index is 0.142. The summed E-state index contributed by atoms with van der Waals surface area (Å²) in [6.45, 7) is 4.79. The molecule has 3 rings (SSSR count). The molecule has 1 heterocycles. The van der Waals surface area contributed by atoms with Crippen LogP contribution in [0.2, 0.25) is 0 Å². The molecule has 2 aromatic carbocycles. The van der Waals surface area contributed by atoms with Gasteiger partial charge in [-0.1, -0.05) is 36.4 Å². The van der Waals surface area contributed by atoms with Gasteiger partial charge in [-0.15, -0.1) is 0 Å². The predicted molar refractivity (Wildman–Crippen MR) is 83.4 cm³/mol. The summed E-state index contributed by atoms with van der Waals surface area (Å²) in [5.74, 6) is -0.285. The van der Waals surface area contributed by atoms with Gasteiger partial charge >= 0.3 is 0 Å². The highest BCUT2D eigenvalue weighted by Gasteiger charge is 2.18. The molecule has 0 aliphatic carbocycles. The van der Waals surface area contributed by atoms with Gasteiger partial charge in [0.25, 0.3) is 0 Å². The molecule has 0 bridgehead atoms. The van der Waals surface area contributed by atoms with Gasteiger partial charge in [0.15, 0.2) is 0 Å². The van der Waals surface area contributed by atoms with Crippen molar-refractivity contribution in [2.45, 2.75) is 13.1 Å². The fraction of sp³-hybridized carbons (Fsp3) is 0.333. The SMILES string of the molecule is Fc1ccccc1CN1CCN(Cc2ccccc2F)CC1. The summed E-state index contributed by atoms with van der Waals surface area (Å²) in [6.07, 6.45) is 0. The van der Waals surface area contributed by atoms with Gasteiger partial charge in [0.1, 0.15) is 11.6 Å². The monoisotopic (exact) mass is 302 g/mol. The second-order valence-corrected chi connectivity index (χ2v) is 5.74. The summed E-state index contributed by atoms with van der Waals surface area (Å²) in [5.41, 5.74) is 1.48. The minimum atomic E-state index is -0.142. The van der Waals surface area contributed by atoms with Crippen LogP contribution in [-0.4, -0.2) is 36.0 Å². The topological polar surface area (TPSA) is 6.48 Å². The van der Waals surface area contributed by atoms with Gasteiger partial charge < -0.3 is 0 Å². The lowest BCUT2D eigenvalue weighted by Crippen LogP contribution is -2.45. The maximum atomic E-state index is 13.7. The van der Waals surface area contributed by atoms with Gasteiger partial charge in [0, 0.05) is 50.4 Å². The van der Waals surface area contributed by atoms with Gasteiger partial charge in [-0.05, 0) is 12.1 Å². The van der Waals surface area contributed by atoms with Crippen LogP contribution in [0.1, 0.15) is 11.1 Å². The molecule has 0 aromatic heterocycles. The molecule has 1 aliphatic rings. The first-order chi connectivity index (χ1) is 10.7. The number of rotatable bonds is 4. The molecule has 22 heavy (non-hydrogen) atoms. The van der Waals surface area contributed by atoms with Crippen LogP contribution in [0.3, 0.4) is 0 Å². The highest BCUT2D eigenvalue weighted by atomic mass is 19.1. The maximum Gasteiger partial charge on any atom is 0.127 e. The zero-order valence-electron chi connectivity index (χ0n) is 12.5. The summed E-state index contributed by atoms with van der Waals surface area (Å²) >= 11 is 0. The Hall–Kier alpha value is -1.78. The first-order valence-electron chi connectivity index (χ1n) is 7.64. The summed E-state index contributed by atoms with van der Waals surface area (Å²) < 4.78 is 27.3. The molecule has 0 atom stereocenters. The molecule has 0 radical (unpaired) electrons. The van der Waals surface area contributed by atoms with E-state index in [-0.39, 0.29) is 11.6 Å². The Kier molecular flexibility index (Phi) is 4.80. The van der Waals surface area contributed by atoms with E-state index in [0.717, 1.165) is 37.3 Å². The molecule has 1 fully saturated rings. The smallest absolute Gasteiger partial charge is 0.127 e. The van der Waals surface area contributed by atoms with E-state index < -0.39 is 0 Å². The summed E-state index contributed by atoms with van der Waals surface area (Å²) in [5, 5.41) is 0. The molecular weight excluding hydrogens is 282 g/mol. The second-order valence-electron chi connectivity index (χ2n) is 5.74. The third kappa shape index (κ3) is 3.70. The van der Waals surface area contributed by atoms with Crippen molar-refractivity contribution in [2.75, 3.05) is 26.2 Å². The van der Waals surface area contributed by atoms with E-state index in [2.05, 4.69) is 9.80 Å². The van der Waals surface area contributed by atoms with Crippen molar-refractivity contribution in [3.8, 4) is 0 Å². The molecule has 2 aromatic rings. The van der Waals surface area contributed by atoms with Gasteiger partial charge in [-0.3, -0.25) is 9.80 Å². The van der Waals surface area contributed by atoms with E-state index in [9.17, 15) is 8.78 Å². The summed E-state index contributed by atoms with van der Waals surface area (Å²) in [4.78, 5) is 4.49. The van der Waals surface area contributed by atoms with Gasteiger partial charge in [0.05, 0.1) is 0 Å². The van der Waals surface area contributed by atoms with E-state index in [1.807, 2.05) is 24.3 Å². The Labute approximate surface area is 130 Å². The van der Waals surface area contributed by atoms with Crippen molar-refractivity contribution < 1.29 is 8.78 Å². The van der Waals surface area contributed by atoms with Crippen LogP contribution in [0.4, 0.5) is 8.78 Å². The van der Waals surface area contributed by atoms with Crippen molar-refractivity contribution in [1.29, 1.82) is 0 Å². The average Bonchev–Trinajstić information content (AvgIpc) is 2.54. The lowest BCUT2D eigenvalue weighted by atomic mass is 10.1. The quantitative estimate of drug-likeness (QED) is 0.855. The molecule has 0 saturated carbocycles. The zero-order valence-corrected chi connectivity index (χ0v) is 12.5. The standard InChI is InChI=1S/C18H20F2N2/c19-17-7-3-1-5-15(17)13-21-9-11-22(12-10-21)14-16-6-2-4-8-18(16)20/h1-8H,9-14H2. The third-order valence-corrected chi connectivity index (χ3v) is 4.17. The molecule has 1 saturated heterocycles. The normalized spacial score (nSPS) is 16.8. The predicted octanol–water partition coefficient (Wildman–Crippen LogP) is 3.28. The van der Waals surface area contributed by atoms with Crippen molar-refractivity contribution in [3.05, 3.63) is 71.3 Å². The molecule has 0 amide bonds. The van der Waals surface area contributed by atoms with Crippen LogP contribution in [0, 0.1) is 11.6 Å². The van der Waals surface area contributed by atoms with Crippen LogP contribution in [0.25, 0.3) is 0 Å². The molecule has 2 nitrogen and oxygen atoms in total.